The molecule has 1 heterocycles. The summed E-state index contributed by atoms with van der Waals surface area (Å²) in [6, 6.07) is 16.6. The SMILES string of the molecule is CC(Nc1c(C#N)c(-c2ccc(-c3ccccc3OC(F)(F)F)cc2)nc2ccc(F)cc12)C(=O)O. The van der Waals surface area contributed by atoms with Gasteiger partial charge in [-0.05, 0) is 36.8 Å². The van der Waals surface area contributed by atoms with Crippen LogP contribution in [0.2, 0.25) is 0 Å². The molecular formula is C26H17F4N3O3. The maximum absolute atomic E-state index is 14.0. The molecular weight excluding hydrogens is 478 g/mol. The molecule has 4 aromatic rings. The van der Waals surface area contributed by atoms with Crippen molar-refractivity contribution in [3.05, 3.63) is 78.1 Å². The Kier molecular flexibility index (Phi) is 6.49. The first kappa shape index (κ1) is 24.5. The molecule has 2 N–H and O–H groups in total. The van der Waals surface area contributed by atoms with Crippen LogP contribution in [0.25, 0.3) is 33.3 Å². The fourth-order valence-electron chi connectivity index (χ4n) is 3.71. The van der Waals surface area contributed by atoms with Gasteiger partial charge in [-0.15, -0.1) is 13.2 Å². The van der Waals surface area contributed by atoms with Gasteiger partial charge in [0.2, 0.25) is 0 Å². The number of aliphatic carboxylic acids is 1. The summed E-state index contributed by atoms with van der Waals surface area (Å²) in [5.41, 5.74) is 1.71. The lowest BCUT2D eigenvalue weighted by Crippen LogP contribution is -2.26. The van der Waals surface area contributed by atoms with E-state index < -0.39 is 24.2 Å². The molecule has 10 heteroatoms. The second kappa shape index (κ2) is 9.54. The zero-order chi connectivity index (χ0) is 26.0. The topological polar surface area (TPSA) is 95.2 Å². The molecule has 0 bridgehead atoms. The molecule has 36 heavy (non-hydrogen) atoms. The highest BCUT2D eigenvalue weighted by atomic mass is 19.4. The number of anilines is 1. The van der Waals surface area contributed by atoms with Crippen LogP contribution in [0.1, 0.15) is 12.5 Å². The lowest BCUT2D eigenvalue weighted by atomic mass is 9.98. The van der Waals surface area contributed by atoms with E-state index in [4.69, 9.17) is 0 Å². The van der Waals surface area contributed by atoms with E-state index >= 15 is 0 Å². The highest BCUT2D eigenvalue weighted by Gasteiger charge is 2.32. The lowest BCUT2D eigenvalue weighted by molar-refractivity contribution is -0.274. The fourth-order valence-corrected chi connectivity index (χ4v) is 3.71. The number of hydrogen-bond donors (Lipinski definition) is 2. The van der Waals surface area contributed by atoms with Crippen LogP contribution in [0.3, 0.4) is 0 Å². The minimum absolute atomic E-state index is 0.00486. The number of fused-ring (bicyclic) bond motifs is 1. The molecule has 0 fully saturated rings. The number of carboxylic acids is 1. The Bertz CT molecular complexity index is 1500. The minimum Gasteiger partial charge on any atom is -0.480 e. The number of aromatic nitrogens is 1. The molecule has 0 amide bonds. The number of halogens is 4. The highest BCUT2D eigenvalue weighted by Crippen LogP contribution is 2.37. The Balaban J connectivity index is 1.84. The summed E-state index contributed by atoms with van der Waals surface area (Å²) in [6.45, 7) is 1.38. The molecule has 182 valence electrons. The van der Waals surface area contributed by atoms with E-state index in [0.717, 1.165) is 6.07 Å². The number of benzene rings is 3. The molecule has 0 aliphatic carbocycles. The summed E-state index contributed by atoms with van der Waals surface area (Å²) in [5.74, 6) is -2.13. The van der Waals surface area contributed by atoms with Gasteiger partial charge in [0, 0.05) is 16.5 Å². The van der Waals surface area contributed by atoms with Crippen LogP contribution in [0.5, 0.6) is 5.75 Å². The Morgan fingerprint density at radius 1 is 1.08 bits per heavy atom. The number of ether oxygens (including phenoxy) is 1. The summed E-state index contributed by atoms with van der Waals surface area (Å²) in [5, 5.41) is 22.3. The van der Waals surface area contributed by atoms with Crippen molar-refractivity contribution in [3.8, 4) is 34.2 Å². The molecule has 3 aromatic carbocycles. The maximum Gasteiger partial charge on any atom is 0.573 e. The van der Waals surface area contributed by atoms with Crippen LogP contribution in [0.15, 0.2) is 66.7 Å². The van der Waals surface area contributed by atoms with Gasteiger partial charge in [0.05, 0.1) is 16.9 Å². The van der Waals surface area contributed by atoms with E-state index in [1.807, 2.05) is 6.07 Å². The van der Waals surface area contributed by atoms with E-state index in [1.54, 1.807) is 30.3 Å². The summed E-state index contributed by atoms with van der Waals surface area (Å²) >= 11 is 0. The van der Waals surface area contributed by atoms with Gasteiger partial charge < -0.3 is 15.2 Å². The maximum atomic E-state index is 14.0. The normalized spacial score (nSPS) is 12.1. The molecule has 1 aromatic heterocycles. The zero-order valence-electron chi connectivity index (χ0n) is 18.6. The van der Waals surface area contributed by atoms with Gasteiger partial charge in [-0.25, -0.2) is 9.37 Å². The van der Waals surface area contributed by atoms with Gasteiger partial charge in [0.1, 0.15) is 29.2 Å². The molecule has 0 radical (unpaired) electrons. The average molecular weight is 495 g/mol. The number of carboxylic acid groups (broad SMARTS) is 1. The number of nitriles is 1. The molecule has 4 rings (SSSR count). The molecule has 0 saturated heterocycles. The smallest absolute Gasteiger partial charge is 0.480 e. The van der Waals surface area contributed by atoms with Crippen molar-refractivity contribution in [1.82, 2.24) is 4.98 Å². The van der Waals surface area contributed by atoms with Gasteiger partial charge in [-0.1, -0.05) is 42.5 Å². The molecule has 0 spiro atoms. The van der Waals surface area contributed by atoms with E-state index in [0.29, 0.717) is 16.6 Å². The van der Waals surface area contributed by atoms with Crippen molar-refractivity contribution in [2.24, 2.45) is 0 Å². The standard InChI is InChI=1S/C26H17F4N3O3/c1-14(25(34)35)32-24-19-12-17(27)10-11-21(19)33-23(20(24)13-31)16-8-6-15(7-9-16)18-4-2-3-5-22(18)36-26(28,29)30/h2-12,14H,1H3,(H,32,33)(H,34,35). The first-order valence-electron chi connectivity index (χ1n) is 10.6. The molecule has 0 aliphatic rings. The molecule has 0 saturated carbocycles. The van der Waals surface area contributed by atoms with Crippen LogP contribution in [-0.2, 0) is 4.79 Å². The number of pyridine rings is 1. The zero-order valence-corrected chi connectivity index (χ0v) is 18.6. The Hall–Kier alpha value is -4.65. The number of para-hydroxylation sites is 1. The van der Waals surface area contributed by atoms with Crippen LogP contribution in [-0.4, -0.2) is 28.5 Å². The van der Waals surface area contributed by atoms with Crippen LogP contribution in [0, 0.1) is 17.1 Å². The van der Waals surface area contributed by atoms with E-state index in [-0.39, 0.29) is 33.6 Å². The quantitative estimate of drug-likeness (QED) is 0.302. The Morgan fingerprint density at radius 2 is 1.75 bits per heavy atom. The van der Waals surface area contributed by atoms with Gasteiger partial charge >= 0.3 is 12.3 Å². The third-order valence-electron chi connectivity index (χ3n) is 5.37. The third-order valence-corrected chi connectivity index (χ3v) is 5.37. The Morgan fingerprint density at radius 3 is 2.39 bits per heavy atom. The first-order chi connectivity index (χ1) is 17.1. The van der Waals surface area contributed by atoms with Crippen molar-refractivity contribution in [3.63, 3.8) is 0 Å². The minimum atomic E-state index is -4.86. The average Bonchev–Trinajstić information content (AvgIpc) is 2.83. The third kappa shape index (κ3) is 5.05. The molecule has 0 aliphatic heterocycles. The predicted octanol–water partition coefficient (Wildman–Crippen LogP) is 6.36. The van der Waals surface area contributed by atoms with E-state index in [2.05, 4.69) is 15.0 Å². The number of rotatable bonds is 6. The van der Waals surface area contributed by atoms with Gasteiger partial charge in [-0.2, -0.15) is 5.26 Å². The summed E-state index contributed by atoms with van der Waals surface area (Å²) in [4.78, 5) is 15.9. The number of carbonyl (C=O) groups is 1. The van der Waals surface area contributed by atoms with Crippen molar-refractivity contribution in [1.29, 1.82) is 5.26 Å². The monoisotopic (exact) mass is 495 g/mol. The summed E-state index contributed by atoms with van der Waals surface area (Å²) < 4.78 is 56.5. The van der Waals surface area contributed by atoms with Crippen molar-refractivity contribution in [2.45, 2.75) is 19.3 Å². The van der Waals surface area contributed by atoms with Gasteiger partial charge in [0.15, 0.2) is 0 Å². The predicted molar refractivity (Wildman–Crippen MR) is 125 cm³/mol. The summed E-state index contributed by atoms with van der Waals surface area (Å²) in [6.07, 6.45) is -4.86. The number of hydrogen-bond acceptors (Lipinski definition) is 5. The van der Waals surface area contributed by atoms with Crippen molar-refractivity contribution >= 4 is 22.6 Å². The van der Waals surface area contributed by atoms with Gasteiger partial charge in [0.25, 0.3) is 0 Å². The molecule has 1 atom stereocenters. The van der Waals surface area contributed by atoms with Crippen molar-refractivity contribution < 1.29 is 32.2 Å². The number of nitrogens with one attached hydrogen (secondary N) is 1. The second-order valence-corrected chi connectivity index (χ2v) is 7.81. The first-order valence-corrected chi connectivity index (χ1v) is 10.6. The second-order valence-electron chi connectivity index (χ2n) is 7.81. The fraction of sp³-hybridized carbons (Fsp3) is 0.115. The molecule has 1 unspecified atom stereocenters. The molecule has 6 nitrogen and oxygen atoms in total. The van der Waals surface area contributed by atoms with Gasteiger partial charge in [-0.3, -0.25) is 4.79 Å². The Labute approximate surface area is 202 Å². The van der Waals surface area contributed by atoms with Crippen LogP contribution < -0.4 is 10.1 Å². The number of nitrogens with zero attached hydrogens (tertiary/aromatic N) is 2. The summed E-state index contributed by atoms with van der Waals surface area (Å²) in [7, 11) is 0. The highest BCUT2D eigenvalue weighted by molar-refractivity contribution is 5.99. The van der Waals surface area contributed by atoms with E-state index in [1.165, 1.54) is 37.3 Å². The van der Waals surface area contributed by atoms with Crippen molar-refractivity contribution in [2.75, 3.05) is 5.32 Å². The van der Waals surface area contributed by atoms with Crippen LogP contribution in [0.4, 0.5) is 23.2 Å². The van der Waals surface area contributed by atoms with E-state index in [9.17, 15) is 32.7 Å². The number of alkyl halides is 3. The largest absolute Gasteiger partial charge is 0.573 e. The van der Waals surface area contributed by atoms with Crippen LogP contribution >= 0.6 is 0 Å². The lowest BCUT2D eigenvalue weighted by Gasteiger charge is -2.18.